The second-order valence-electron chi connectivity index (χ2n) is 5.34. The third-order valence-corrected chi connectivity index (χ3v) is 4.41. The van der Waals surface area contributed by atoms with Crippen LogP contribution in [0.5, 0.6) is 0 Å². The number of anilines is 1. The molecule has 0 saturated carbocycles. The Labute approximate surface area is 127 Å². The smallest absolute Gasteiger partial charge is 0.234 e. The summed E-state index contributed by atoms with van der Waals surface area (Å²) in [6.45, 7) is 2.07. The first-order valence-electron chi connectivity index (χ1n) is 6.69. The molecule has 0 unspecified atom stereocenters. The zero-order valence-electron chi connectivity index (χ0n) is 11.6. The maximum atomic E-state index is 12.5. The van der Waals surface area contributed by atoms with E-state index in [9.17, 15) is 4.79 Å². The Bertz CT molecular complexity index is 663. The van der Waals surface area contributed by atoms with E-state index in [2.05, 4.69) is 53.2 Å². The Morgan fingerprint density at radius 2 is 1.85 bits per heavy atom. The summed E-state index contributed by atoms with van der Waals surface area (Å²) in [5.74, 6) is 0.105. The lowest BCUT2D eigenvalue weighted by molar-refractivity contribution is -0.119. The van der Waals surface area contributed by atoms with Crippen molar-refractivity contribution in [2.45, 2.75) is 19.3 Å². The molecule has 3 rings (SSSR count). The van der Waals surface area contributed by atoms with Gasteiger partial charge in [0.25, 0.3) is 0 Å². The van der Waals surface area contributed by atoms with E-state index in [-0.39, 0.29) is 11.8 Å². The molecule has 2 aromatic carbocycles. The second kappa shape index (κ2) is 5.06. The predicted octanol–water partition coefficient (Wildman–Crippen LogP) is 4.06. The van der Waals surface area contributed by atoms with E-state index in [1.54, 1.807) is 4.90 Å². The summed E-state index contributed by atoms with van der Waals surface area (Å²) in [5.41, 5.74) is 4.59. The first-order chi connectivity index (χ1) is 9.56. The van der Waals surface area contributed by atoms with E-state index < -0.39 is 0 Å². The fourth-order valence-electron chi connectivity index (χ4n) is 2.75. The minimum absolute atomic E-state index is 0.0739. The van der Waals surface area contributed by atoms with Gasteiger partial charge >= 0.3 is 0 Å². The molecule has 102 valence electrons. The maximum absolute atomic E-state index is 12.5. The van der Waals surface area contributed by atoms with E-state index in [1.165, 1.54) is 11.1 Å². The van der Waals surface area contributed by atoms with Crippen LogP contribution in [-0.4, -0.2) is 13.0 Å². The van der Waals surface area contributed by atoms with Gasteiger partial charge in [-0.15, -0.1) is 0 Å². The molecule has 1 atom stereocenters. The van der Waals surface area contributed by atoms with Crippen LogP contribution in [0.15, 0.2) is 46.9 Å². The molecule has 20 heavy (non-hydrogen) atoms. The van der Waals surface area contributed by atoms with Crippen LogP contribution in [0.25, 0.3) is 0 Å². The summed E-state index contributed by atoms with van der Waals surface area (Å²) in [4.78, 5) is 14.2. The SMILES string of the molecule is Cc1ccc(C[C@@H]2C(=O)N(C)c3ccc(Br)cc32)cc1. The highest BCUT2D eigenvalue weighted by molar-refractivity contribution is 9.10. The van der Waals surface area contributed by atoms with Crippen molar-refractivity contribution in [1.82, 2.24) is 0 Å². The van der Waals surface area contributed by atoms with Gasteiger partial charge in [-0.3, -0.25) is 4.79 Å². The molecular weight excluding hydrogens is 314 g/mol. The molecular formula is C17H16BrNO. The molecule has 1 amide bonds. The lowest BCUT2D eigenvalue weighted by atomic mass is 9.93. The fourth-order valence-corrected chi connectivity index (χ4v) is 3.13. The topological polar surface area (TPSA) is 20.3 Å². The molecule has 0 fully saturated rings. The van der Waals surface area contributed by atoms with Crippen LogP contribution < -0.4 is 4.90 Å². The van der Waals surface area contributed by atoms with Crippen LogP contribution in [0.1, 0.15) is 22.6 Å². The largest absolute Gasteiger partial charge is 0.315 e. The first-order valence-corrected chi connectivity index (χ1v) is 7.48. The van der Waals surface area contributed by atoms with Gasteiger partial charge in [0.2, 0.25) is 5.91 Å². The second-order valence-corrected chi connectivity index (χ2v) is 6.26. The highest BCUT2D eigenvalue weighted by atomic mass is 79.9. The van der Waals surface area contributed by atoms with Crippen molar-refractivity contribution in [2.75, 3.05) is 11.9 Å². The monoisotopic (exact) mass is 329 g/mol. The standard InChI is InChI=1S/C17H16BrNO/c1-11-3-5-12(6-4-11)9-15-14-10-13(18)7-8-16(14)19(2)17(15)20/h3-8,10,15H,9H2,1-2H3/t15-/m0/s1. The number of halogens is 1. The van der Waals surface area contributed by atoms with E-state index in [0.717, 1.165) is 22.1 Å². The van der Waals surface area contributed by atoms with Crippen molar-refractivity contribution in [3.05, 3.63) is 63.6 Å². The van der Waals surface area contributed by atoms with E-state index in [1.807, 2.05) is 19.2 Å². The Balaban J connectivity index is 1.96. The van der Waals surface area contributed by atoms with Gasteiger partial charge in [0.05, 0.1) is 5.92 Å². The Kier molecular flexibility index (Phi) is 3.38. The number of likely N-dealkylation sites (N-methyl/N-ethyl adjacent to an activating group) is 1. The Morgan fingerprint density at radius 3 is 2.55 bits per heavy atom. The number of rotatable bonds is 2. The molecule has 0 aliphatic carbocycles. The first kappa shape index (κ1) is 13.4. The van der Waals surface area contributed by atoms with E-state index in [0.29, 0.717) is 0 Å². The normalized spacial score (nSPS) is 17.4. The van der Waals surface area contributed by atoms with Crippen LogP contribution in [0.2, 0.25) is 0 Å². The van der Waals surface area contributed by atoms with Gasteiger partial charge in [0.1, 0.15) is 0 Å². The molecule has 2 aromatic rings. The molecule has 3 heteroatoms. The zero-order chi connectivity index (χ0) is 14.3. The quantitative estimate of drug-likeness (QED) is 0.813. The van der Waals surface area contributed by atoms with Crippen LogP contribution in [0.3, 0.4) is 0 Å². The van der Waals surface area contributed by atoms with Gasteiger partial charge in [-0.1, -0.05) is 45.8 Å². The average molecular weight is 330 g/mol. The number of nitrogens with zero attached hydrogens (tertiary/aromatic N) is 1. The Hall–Kier alpha value is -1.61. The number of hydrogen-bond donors (Lipinski definition) is 0. The molecule has 0 bridgehead atoms. The lowest BCUT2D eigenvalue weighted by Crippen LogP contribution is -2.24. The van der Waals surface area contributed by atoms with Crippen LogP contribution in [0, 0.1) is 6.92 Å². The van der Waals surface area contributed by atoms with Crippen molar-refractivity contribution in [3.8, 4) is 0 Å². The number of carbonyl (C=O) groups is 1. The molecule has 1 aliphatic heterocycles. The van der Waals surface area contributed by atoms with Gasteiger partial charge in [0.15, 0.2) is 0 Å². The van der Waals surface area contributed by atoms with E-state index >= 15 is 0 Å². The van der Waals surface area contributed by atoms with Gasteiger partial charge in [-0.2, -0.15) is 0 Å². The molecule has 0 spiro atoms. The fraction of sp³-hybridized carbons (Fsp3) is 0.235. The van der Waals surface area contributed by atoms with Gasteiger partial charge in [0, 0.05) is 17.2 Å². The van der Waals surface area contributed by atoms with Crippen molar-refractivity contribution in [1.29, 1.82) is 0 Å². The Morgan fingerprint density at radius 1 is 1.15 bits per heavy atom. The maximum Gasteiger partial charge on any atom is 0.234 e. The molecule has 0 aromatic heterocycles. The third kappa shape index (κ3) is 2.27. The van der Waals surface area contributed by atoms with Crippen molar-refractivity contribution < 1.29 is 4.79 Å². The summed E-state index contributed by atoms with van der Waals surface area (Å²) < 4.78 is 1.02. The molecule has 0 N–H and O–H groups in total. The van der Waals surface area contributed by atoms with Crippen molar-refractivity contribution >= 4 is 27.5 Å². The highest BCUT2D eigenvalue weighted by Gasteiger charge is 2.35. The number of hydrogen-bond acceptors (Lipinski definition) is 1. The summed E-state index contributed by atoms with van der Waals surface area (Å²) in [6, 6.07) is 14.5. The van der Waals surface area contributed by atoms with Crippen LogP contribution >= 0.6 is 15.9 Å². The van der Waals surface area contributed by atoms with Gasteiger partial charge in [-0.25, -0.2) is 0 Å². The molecule has 2 nitrogen and oxygen atoms in total. The van der Waals surface area contributed by atoms with Crippen LogP contribution in [-0.2, 0) is 11.2 Å². The van der Waals surface area contributed by atoms with E-state index in [4.69, 9.17) is 0 Å². The minimum Gasteiger partial charge on any atom is -0.315 e. The highest BCUT2D eigenvalue weighted by Crippen LogP contribution is 2.39. The minimum atomic E-state index is -0.0739. The van der Waals surface area contributed by atoms with Gasteiger partial charge < -0.3 is 4.90 Å². The molecule has 1 heterocycles. The van der Waals surface area contributed by atoms with Crippen molar-refractivity contribution in [3.63, 3.8) is 0 Å². The summed E-state index contributed by atoms with van der Waals surface area (Å²) in [6.07, 6.45) is 0.757. The summed E-state index contributed by atoms with van der Waals surface area (Å²) in [5, 5.41) is 0. The number of carbonyl (C=O) groups excluding carboxylic acids is 1. The number of fused-ring (bicyclic) bond motifs is 1. The summed E-state index contributed by atoms with van der Waals surface area (Å²) >= 11 is 3.50. The molecule has 0 saturated heterocycles. The average Bonchev–Trinajstić information content (AvgIpc) is 2.66. The number of benzene rings is 2. The number of aryl methyl sites for hydroxylation is 1. The molecule has 0 radical (unpaired) electrons. The lowest BCUT2D eigenvalue weighted by Gasteiger charge is -2.11. The number of amides is 1. The summed E-state index contributed by atoms with van der Waals surface area (Å²) in [7, 11) is 1.85. The predicted molar refractivity (Wildman–Crippen MR) is 85.2 cm³/mol. The third-order valence-electron chi connectivity index (χ3n) is 3.92. The van der Waals surface area contributed by atoms with Crippen LogP contribution in [0.4, 0.5) is 5.69 Å². The zero-order valence-corrected chi connectivity index (χ0v) is 13.1. The van der Waals surface area contributed by atoms with Gasteiger partial charge in [-0.05, 0) is 42.7 Å². The van der Waals surface area contributed by atoms with Crippen molar-refractivity contribution in [2.24, 2.45) is 0 Å². The molecule has 1 aliphatic rings.